The molecule has 2 heterocycles. The first-order chi connectivity index (χ1) is 6.84. The second-order valence-corrected chi connectivity index (χ2v) is 4.06. The third-order valence-electron chi connectivity index (χ3n) is 2.23. The Balaban J connectivity index is 2.45. The fourth-order valence-electron chi connectivity index (χ4n) is 1.62. The molecule has 3 rings (SSSR count). The van der Waals surface area contributed by atoms with E-state index in [9.17, 15) is 4.79 Å². The van der Waals surface area contributed by atoms with Crippen LogP contribution in [0.25, 0.3) is 12.2 Å². The second kappa shape index (κ2) is 2.72. The van der Waals surface area contributed by atoms with Crippen molar-refractivity contribution in [2.75, 3.05) is 0 Å². The summed E-state index contributed by atoms with van der Waals surface area (Å²) in [7, 11) is 0. The number of carbonyl (C=O) groups is 1. The van der Waals surface area contributed by atoms with Gasteiger partial charge in [-0.2, -0.15) is 0 Å². The van der Waals surface area contributed by atoms with E-state index in [-0.39, 0.29) is 5.91 Å². The Hall–Kier alpha value is -1.55. The number of benzene rings is 1. The average molecular weight is 205 g/mol. The van der Waals surface area contributed by atoms with E-state index < -0.39 is 0 Å². The fourth-order valence-corrected chi connectivity index (χ4v) is 2.36. The van der Waals surface area contributed by atoms with E-state index in [0.717, 1.165) is 21.0 Å². The Kier molecular flexibility index (Phi) is 1.52. The van der Waals surface area contributed by atoms with Crippen LogP contribution in [0.2, 0.25) is 0 Å². The van der Waals surface area contributed by atoms with Gasteiger partial charge in [0.1, 0.15) is 0 Å². The lowest BCUT2D eigenvalue weighted by molar-refractivity contribution is -0.112. The Labute approximate surface area is 84.0 Å². The van der Waals surface area contributed by atoms with Gasteiger partial charge in [0.05, 0.1) is 11.6 Å². The van der Waals surface area contributed by atoms with Crippen LogP contribution in [-0.4, -0.2) is 5.91 Å². The molecule has 3 nitrogen and oxygen atoms in total. The number of amides is 1. The molecule has 0 aliphatic carbocycles. The SMILES string of the molecule is O=C1C=c2c3c(ccc2=N1)[SH2]OC=C3. The number of nitrogens with zero attached hydrogens (tertiary/aromatic N) is 1. The van der Waals surface area contributed by atoms with Gasteiger partial charge in [0, 0.05) is 21.8 Å². The summed E-state index contributed by atoms with van der Waals surface area (Å²) < 4.78 is 5.20. The lowest BCUT2D eigenvalue weighted by Gasteiger charge is -2.12. The minimum absolute atomic E-state index is 0.170. The molecule has 1 amide bonds. The van der Waals surface area contributed by atoms with Crippen molar-refractivity contribution in [1.29, 1.82) is 0 Å². The van der Waals surface area contributed by atoms with E-state index in [2.05, 4.69) is 4.99 Å². The molecule has 0 N–H and O–H groups in total. The molecule has 14 heavy (non-hydrogen) atoms. The summed E-state index contributed by atoms with van der Waals surface area (Å²) >= 11 is 0.329. The molecular formula is C10H7NO2S. The van der Waals surface area contributed by atoms with Crippen LogP contribution >= 0.6 is 12.0 Å². The lowest BCUT2D eigenvalue weighted by Crippen LogP contribution is -2.25. The van der Waals surface area contributed by atoms with Crippen LogP contribution in [0.1, 0.15) is 5.56 Å². The average Bonchev–Trinajstić information content (AvgIpc) is 2.59. The van der Waals surface area contributed by atoms with Gasteiger partial charge in [0.15, 0.2) is 0 Å². The highest BCUT2D eigenvalue weighted by Crippen LogP contribution is 2.26. The quantitative estimate of drug-likeness (QED) is 0.602. The minimum atomic E-state index is -0.170. The van der Waals surface area contributed by atoms with Crippen molar-refractivity contribution in [1.82, 2.24) is 0 Å². The van der Waals surface area contributed by atoms with Gasteiger partial charge in [-0.1, -0.05) is 12.0 Å². The zero-order chi connectivity index (χ0) is 9.54. The lowest BCUT2D eigenvalue weighted by atomic mass is 10.1. The monoisotopic (exact) mass is 205 g/mol. The maximum absolute atomic E-state index is 11.1. The van der Waals surface area contributed by atoms with Gasteiger partial charge in [-0.3, -0.25) is 4.79 Å². The summed E-state index contributed by atoms with van der Waals surface area (Å²) in [6.07, 6.45) is 5.13. The number of hydrogen-bond acceptors (Lipinski definition) is 2. The van der Waals surface area contributed by atoms with E-state index in [0.29, 0.717) is 12.0 Å². The summed E-state index contributed by atoms with van der Waals surface area (Å²) in [6, 6.07) is 3.83. The summed E-state index contributed by atoms with van der Waals surface area (Å²) in [5.41, 5.74) is 1.07. The van der Waals surface area contributed by atoms with Crippen LogP contribution in [0, 0.1) is 0 Å². The first kappa shape index (κ1) is 7.82. The maximum atomic E-state index is 11.1. The van der Waals surface area contributed by atoms with Crippen molar-refractivity contribution in [2.45, 2.75) is 4.90 Å². The molecule has 2 aliphatic rings. The molecule has 1 aromatic rings. The molecular weight excluding hydrogens is 198 g/mol. The van der Waals surface area contributed by atoms with Crippen LogP contribution < -0.4 is 10.6 Å². The molecule has 2 aliphatic heterocycles. The van der Waals surface area contributed by atoms with Crippen molar-refractivity contribution >= 4 is 30.1 Å². The molecule has 0 spiro atoms. The van der Waals surface area contributed by atoms with Crippen molar-refractivity contribution in [3.05, 3.63) is 34.5 Å². The van der Waals surface area contributed by atoms with Crippen LogP contribution in [0.4, 0.5) is 0 Å². The predicted molar refractivity (Wildman–Crippen MR) is 55.5 cm³/mol. The largest absolute Gasteiger partial charge is 0.458 e. The van der Waals surface area contributed by atoms with Crippen molar-refractivity contribution < 1.29 is 8.98 Å². The smallest absolute Gasteiger partial charge is 0.270 e. The number of fused-ring (bicyclic) bond motifs is 3. The predicted octanol–water partition coefficient (Wildman–Crippen LogP) is 0.0995. The number of hydrogen-bond donors (Lipinski definition) is 0. The molecule has 4 heteroatoms. The Morgan fingerprint density at radius 1 is 1.36 bits per heavy atom. The number of rotatable bonds is 0. The van der Waals surface area contributed by atoms with Gasteiger partial charge in [0.2, 0.25) is 0 Å². The molecule has 0 saturated heterocycles. The molecule has 0 aromatic heterocycles. The van der Waals surface area contributed by atoms with Gasteiger partial charge < -0.3 is 4.18 Å². The summed E-state index contributed by atoms with van der Waals surface area (Å²) in [5, 5.41) is 1.70. The summed E-state index contributed by atoms with van der Waals surface area (Å²) in [5.74, 6) is -0.170. The van der Waals surface area contributed by atoms with Gasteiger partial charge in [-0.15, -0.1) is 0 Å². The topological polar surface area (TPSA) is 38.7 Å². The van der Waals surface area contributed by atoms with Gasteiger partial charge >= 0.3 is 0 Å². The summed E-state index contributed by atoms with van der Waals surface area (Å²) in [4.78, 5) is 16.1. The molecule has 0 unspecified atom stereocenters. The zero-order valence-corrected chi connectivity index (χ0v) is 8.15. The van der Waals surface area contributed by atoms with E-state index in [1.165, 1.54) is 0 Å². The maximum Gasteiger partial charge on any atom is 0.270 e. The Morgan fingerprint density at radius 2 is 2.29 bits per heavy atom. The van der Waals surface area contributed by atoms with Crippen LogP contribution in [-0.2, 0) is 8.98 Å². The highest BCUT2D eigenvalue weighted by Gasteiger charge is 2.11. The molecule has 0 fully saturated rings. The van der Waals surface area contributed by atoms with Crippen LogP contribution in [0.5, 0.6) is 0 Å². The summed E-state index contributed by atoms with van der Waals surface area (Å²) in [6.45, 7) is 0. The molecule has 0 atom stereocenters. The van der Waals surface area contributed by atoms with Gasteiger partial charge in [-0.25, -0.2) is 4.99 Å². The highest BCUT2D eigenvalue weighted by atomic mass is 32.2. The van der Waals surface area contributed by atoms with Gasteiger partial charge in [-0.05, 0) is 18.2 Å². The van der Waals surface area contributed by atoms with Crippen molar-refractivity contribution in [3.63, 3.8) is 0 Å². The standard InChI is InChI=1S/C10H7NO2S/c12-10-5-7-6-3-4-13-14-9(6)2-1-8(7)11-10/h1-5H,14H2. The first-order valence-electron chi connectivity index (χ1n) is 4.20. The Morgan fingerprint density at radius 3 is 3.21 bits per heavy atom. The molecule has 70 valence electrons. The zero-order valence-electron chi connectivity index (χ0n) is 7.15. The highest BCUT2D eigenvalue weighted by molar-refractivity contribution is 7.94. The third-order valence-corrected chi connectivity index (χ3v) is 3.14. The fraction of sp³-hybridized carbons (Fsp3) is 0. The molecule has 1 aromatic carbocycles. The van der Waals surface area contributed by atoms with E-state index in [1.54, 1.807) is 12.3 Å². The first-order valence-corrected chi connectivity index (χ1v) is 5.11. The normalized spacial score (nSPS) is 19.3. The third kappa shape index (κ3) is 1.01. The van der Waals surface area contributed by atoms with Crippen LogP contribution in [0.15, 0.2) is 28.3 Å². The van der Waals surface area contributed by atoms with E-state index >= 15 is 0 Å². The van der Waals surface area contributed by atoms with Crippen molar-refractivity contribution in [2.24, 2.45) is 4.99 Å². The Bertz CT molecular complexity index is 575. The number of carbonyl (C=O) groups excluding carboxylic acids is 1. The van der Waals surface area contributed by atoms with Crippen molar-refractivity contribution in [3.8, 4) is 0 Å². The molecule has 0 saturated carbocycles. The second-order valence-electron chi connectivity index (χ2n) is 3.08. The molecule has 0 bridgehead atoms. The van der Waals surface area contributed by atoms with Gasteiger partial charge in [0.25, 0.3) is 5.91 Å². The van der Waals surface area contributed by atoms with E-state index in [1.807, 2.05) is 18.2 Å². The van der Waals surface area contributed by atoms with Crippen LogP contribution in [0.3, 0.4) is 0 Å². The minimum Gasteiger partial charge on any atom is -0.458 e. The van der Waals surface area contributed by atoms with E-state index in [4.69, 9.17) is 4.18 Å². The molecule has 0 radical (unpaired) electrons.